The first kappa shape index (κ1) is 14.2. The minimum atomic E-state index is 0.0323. The van der Waals surface area contributed by atoms with Gasteiger partial charge in [-0.1, -0.05) is 11.6 Å². The lowest BCUT2D eigenvalue weighted by molar-refractivity contribution is -0.116. The van der Waals surface area contributed by atoms with Crippen LogP contribution in [-0.2, 0) is 11.2 Å². The molecule has 0 bridgehead atoms. The quantitative estimate of drug-likeness (QED) is 0.694. The number of benzene rings is 2. The first-order valence-corrected chi connectivity index (χ1v) is 7.64. The summed E-state index contributed by atoms with van der Waals surface area (Å²) in [4.78, 5) is 11.5. The van der Waals surface area contributed by atoms with Gasteiger partial charge in [0.15, 0.2) is 0 Å². The third kappa shape index (κ3) is 2.99. The van der Waals surface area contributed by atoms with Gasteiger partial charge in [0.05, 0.1) is 16.4 Å². The van der Waals surface area contributed by atoms with Crippen molar-refractivity contribution in [2.45, 2.75) is 12.8 Å². The normalized spacial score (nSPS) is 13.5. The van der Waals surface area contributed by atoms with E-state index in [0.29, 0.717) is 17.1 Å². The lowest BCUT2D eigenvalue weighted by Crippen LogP contribution is -2.19. The predicted molar refractivity (Wildman–Crippen MR) is 90.2 cm³/mol. The zero-order chi connectivity index (χ0) is 15.0. The van der Waals surface area contributed by atoms with Crippen molar-refractivity contribution < 1.29 is 4.79 Å². The third-order valence-corrected chi connectivity index (χ3v) is 4.60. The number of amides is 1. The molecule has 1 aliphatic rings. The minimum absolute atomic E-state index is 0.0323. The maximum Gasteiger partial charge on any atom is 0.224 e. The molecule has 0 aliphatic carbocycles. The molecule has 4 N–H and O–H groups in total. The van der Waals surface area contributed by atoms with Crippen LogP contribution in [0.3, 0.4) is 0 Å². The largest absolute Gasteiger partial charge is 0.397 e. The van der Waals surface area contributed by atoms with Gasteiger partial charge in [-0.3, -0.25) is 4.79 Å². The van der Waals surface area contributed by atoms with Crippen LogP contribution in [0.15, 0.2) is 34.8 Å². The molecule has 3 rings (SSSR count). The standard InChI is InChI=1S/C15H13BrClN3O/c16-10-3-2-9(6-11(10)17)19-14-7-13-8(5-12(14)18)1-4-15(21)20-13/h2-3,5-7,19H,1,4,18H2,(H,20,21). The van der Waals surface area contributed by atoms with Crippen LogP contribution in [0.4, 0.5) is 22.7 Å². The molecule has 1 amide bonds. The van der Waals surface area contributed by atoms with Crippen molar-refractivity contribution in [3.8, 4) is 0 Å². The number of rotatable bonds is 2. The molecule has 4 nitrogen and oxygen atoms in total. The molecule has 0 unspecified atom stereocenters. The van der Waals surface area contributed by atoms with E-state index >= 15 is 0 Å². The van der Waals surface area contributed by atoms with Crippen molar-refractivity contribution in [3.63, 3.8) is 0 Å². The lowest BCUT2D eigenvalue weighted by Gasteiger charge is -2.20. The molecule has 1 aliphatic heterocycles. The molecule has 2 aromatic carbocycles. The van der Waals surface area contributed by atoms with E-state index in [1.807, 2.05) is 30.3 Å². The number of nitrogen functional groups attached to an aromatic ring is 1. The van der Waals surface area contributed by atoms with Gasteiger partial charge in [-0.15, -0.1) is 0 Å². The van der Waals surface area contributed by atoms with Crippen molar-refractivity contribution >= 4 is 56.2 Å². The van der Waals surface area contributed by atoms with Crippen LogP contribution in [-0.4, -0.2) is 5.91 Å². The van der Waals surface area contributed by atoms with E-state index in [0.717, 1.165) is 33.5 Å². The third-order valence-electron chi connectivity index (χ3n) is 3.37. The number of anilines is 4. The van der Waals surface area contributed by atoms with Gasteiger partial charge < -0.3 is 16.4 Å². The molecule has 0 aromatic heterocycles. The molecule has 108 valence electrons. The summed E-state index contributed by atoms with van der Waals surface area (Å²) in [6.07, 6.45) is 1.22. The van der Waals surface area contributed by atoms with Gasteiger partial charge >= 0.3 is 0 Å². The van der Waals surface area contributed by atoms with Crippen molar-refractivity contribution in [2.24, 2.45) is 0 Å². The molecule has 0 saturated carbocycles. The van der Waals surface area contributed by atoms with Gasteiger partial charge in [0.1, 0.15) is 0 Å². The number of carbonyl (C=O) groups is 1. The molecule has 0 atom stereocenters. The smallest absolute Gasteiger partial charge is 0.224 e. The van der Waals surface area contributed by atoms with Crippen molar-refractivity contribution in [1.82, 2.24) is 0 Å². The number of aryl methyl sites for hydroxylation is 1. The SMILES string of the molecule is Nc1cc2c(cc1Nc1ccc(Br)c(Cl)c1)NC(=O)CC2. The van der Waals surface area contributed by atoms with Crippen LogP contribution in [0.25, 0.3) is 0 Å². The Hall–Kier alpha value is -1.72. The number of fused-ring (bicyclic) bond motifs is 1. The minimum Gasteiger partial charge on any atom is -0.397 e. The number of hydrogen-bond donors (Lipinski definition) is 3. The highest BCUT2D eigenvalue weighted by Gasteiger charge is 2.16. The topological polar surface area (TPSA) is 67.2 Å². The summed E-state index contributed by atoms with van der Waals surface area (Å²) >= 11 is 9.43. The fourth-order valence-electron chi connectivity index (χ4n) is 2.29. The van der Waals surface area contributed by atoms with Crippen molar-refractivity contribution in [1.29, 1.82) is 0 Å². The number of carbonyl (C=O) groups excluding carboxylic acids is 1. The summed E-state index contributed by atoms with van der Waals surface area (Å²) < 4.78 is 0.834. The maximum absolute atomic E-state index is 11.5. The second-order valence-electron chi connectivity index (χ2n) is 4.90. The molecule has 0 saturated heterocycles. The zero-order valence-electron chi connectivity index (χ0n) is 11.0. The van der Waals surface area contributed by atoms with E-state index in [1.165, 1.54) is 0 Å². The summed E-state index contributed by atoms with van der Waals surface area (Å²) in [5.74, 6) is 0.0323. The van der Waals surface area contributed by atoms with E-state index < -0.39 is 0 Å². The molecule has 2 aromatic rings. The highest BCUT2D eigenvalue weighted by atomic mass is 79.9. The fraction of sp³-hybridized carbons (Fsp3) is 0.133. The summed E-state index contributed by atoms with van der Waals surface area (Å²) in [6.45, 7) is 0. The second kappa shape index (κ2) is 5.58. The molecule has 0 spiro atoms. The van der Waals surface area contributed by atoms with Crippen molar-refractivity contribution in [2.75, 3.05) is 16.4 Å². The van der Waals surface area contributed by atoms with E-state index in [2.05, 4.69) is 26.6 Å². The van der Waals surface area contributed by atoms with Crippen LogP contribution in [0.2, 0.25) is 5.02 Å². The number of nitrogens with one attached hydrogen (secondary N) is 2. The van der Waals surface area contributed by atoms with Crippen LogP contribution in [0.1, 0.15) is 12.0 Å². The Bertz CT molecular complexity index is 733. The van der Waals surface area contributed by atoms with Gasteiger partial charge in [0.25, 0.3) is 0 Å². The first-order valence-electron chi connectivity index (χ1n) is 6.47. The molecule has 6 heteroatoms. The molecular weight excluding hydrogens is 354 g/mol. The zero-order valence-corrected chi connectivity index (χ0v) is 13.4. The molecular formula is C15H13BrClN3O. The Labute approximate surface area is 135 Å². The first-order chi connectivity index (χ1) is 10.0. The fourth-order valence-corrected chi connectivity index (χ4v) is 2.71. The summed E-state index contributed by atoms with van der Waals surface area (Å²) in [5.41, 5.74) is 10.2. The Balaban J connectivity index is 1.93. The molecule has 1 heterocycles. The van der Waals surface area contributed by atoms with E-state index in [9.17, 15) is 4.79 Å². The summed E-state index contributed by atoms with van der Waals surface area (Å²) in [5, 5.41) is 6.70. The van der Waals surface area contributed by atoms with Gasteiger partial charge in [-0.25, -0.2) is 0 Å². The van der Waals surface area contributed by atoms with Gasteiger partial charge in [0, 0.05) is 22.3 Å². The van der Waals surface area contributed by atoms with Gasteiger partial charge in [0.2, 0.25) is 5.91 Å². The van der Waals surface area contributed by atoms with Crippen LogP contribution >= 0.6 is 27.5 Å². The Morgan fingerprint density at radius 1 is 1.24 bits per heavy atom. The Kier molecular flexibility index (Phi) is 3.78. The monoisotopic (exact) mass is 365 g/mol. The number of halogens is 2. The van der Waals surface area contributed by atoms with Gasteiger partial charge in [-0.05, 0) is 58.2 Å². The van der Waals surface area contributed by atoms with Crippen molar-refractivity contribution in [3.05, 3.63) is 45.4 Å². The van der Waals surface area contributed by atoms with Crippen LogP contribution in [0, 0.1) is 0 Å². The van der Waals surface area contributed by atoms with Crippen LogP contribution < -0.4 is 16.4 Å². The summed E-state index contributed by atoms with van der Waals surface area (Å²) in [6, 6.07) is 9.33. The molecule has 21 heavy (non-hydrogen) atoms. The van der Waals surface area contributed by atoms with E-state index in [1.54, 1.807) is 0 Å². The predicted octanol–water partition coefficient (Wildman–Crippen LogP) is 4.31. The Morgan fingerprint density at radius 3 is 2.81 bits per heavy atom. The van der Waals surface area contributed by atoms with Crippen LogP contribution in [0.5, 0.6) is 0 Å². The van der Waals surface area contributed by atoms with Gasteiger partial charge in [-0.2, -0.15) is 0 Å². The summed E-state index contributed by atoms with van der Waals surface area (Å²) in [7, 11) is 0. The molecule has 0 radical (unpaired) electrons. The lowest BCUT2D eigenvalue weighted by atomic mass is 10.0. The average Bonchev–Trinajstić information content (AvgIpc) is 2.44. The number of hydrogen-bond acceptors (Lipinski definition) is 3. The molecule has 0 fully saturated rings. The second-order valence-corrected chi connectivity index (χ2v) is 6.16. The number of nitrogens with two attached hydrogens (primary N) is 1. The van der Waals surface area contributed by atoms with E-state index in [4.69, 9.17) is 17.3 Å². The van der Waals surface area contributed by atoms with E-state index in [-0.39, 0.29) is 5.91 Å². The highest BCUT2D eigenvalue weighted by molar-refractivity contribution is 9.10. The average molecular weight is 367 g/mol. The highest BCUT2D eigenvalue weighted by Crippen LogP contribution is 2.34. The maximum atomic E-state index is 11.5. The Morgan fingerprint density at radius 2 is 2.05 bits per heavy atom.